The van der Waals surface area contributed by atoms with Gasteiger partial charge in [-0.25, -0.2) is 0 Å². The van der Waals surface area contributed by atoms with Crippen LogP contribution in [0.2, 0.25) is 0 Å². The Balaban J connectivity index is 2.58. The van der Waals surface area contributed by atoms with Crippen LogP contribution in [0.25, 0.3) is 0 Å². The molecular formula is C13H20OS. The average Bonchev–Trinajstić information content (AvgIpc) is 2.26. The van der Waals surface area contributed by atoms with E-state index < -0.39 is 0 Å². The minimum atomic E-state index is -0.367. The summed E-state index contributed by atoms with van der Waals surface area (Å²) >= 11 is 1.87. The van der Waals surface area contributed by atoms with E-state index in [-0.39, 0.29) is 6.10 Å². The summed E-state index contributed by atoms with van der Waals surface area (Å²) in [6, 6.07) is 8.18. The lowest BCUT2D eigenvalue weighted by Crippen LogP contribution is -1.96. The van der Waals surface area contributed by atoms with Crippen molar-refractivity contribution >= 4 is 11.8 Å². The van der Waals surface area contributed by atoms with E-state index in [1.165, 1.54) is 11.3 Å². The maximum atomic E-state index is 9.46. The predicted molar refractivity (Wildman–Crippen MR) is 67.3 cm³/mol. The van der Waals surface area contributed by atoms with Gasteiger partial charge in [-0.2, -0.15) is 0 Å². The molecule has 2 unspecified atom stereocenters. The van der Waals surface area contributed by atoms with E-state index in [1.807, 2.05) is 23.9 Å². The standard InChI is InChI=1S/C13H20OS/c1-4-10(2)9-15-13-7-5-6-12(8-13)11(3)14/h5-8,10-11,14H,4,9H2,1-3H3. The van der Waals surface area contributed by atoms with Crippen LogP contribution in [0.5, 0.6) is 0 Å². The third kappa shape index (κ3) is 4.27. The molecule has 0 aliphatic rings. The normalized spacial score (nSPS) is 14.9. The first-order chi connectivity index (χ1) is 7.13. The zero-order valence-electron chi connectivity index (χ0n) is 9.73. The van der Waals surface area contributed by atoms with Crippen LogP contribution in [0.15, 0.2) is 29.2 Å². The minimum Gasteiger partial charge on any atom is -0.389 e. The van der Waals surface area contributed by atoms with Gasteiger partial charge in [-0.05, 0) is 30.5 Å². The zero-order valence-corrected chi connectivity index (χ0v) is 10.6. The Kier molecular flexibility index (Phi) is 5.20. The van der Waals surface area contributed by atoms with Crippen molar-refractivity contribution in [1.82, 2.24) is 0 Å². The van der Waals surface area contributed by atoms with Crippen LogP contribution in [-0.2, 0) is 0 Å². The Morgan fingerprint density at radius 2 is 2.07 bits per heavy atom. The molecule has 0 saturated carbocycles. The quantitative estimate of drug-likeness (QED) is 0.766. The Morgan fingerprint density at radius 3 is 2.67 bits per heavy atom. The molecule has 0 aliphatic carbocycles. The van der Waals surface area contributed by atoms with Crippen molar-refractivity contribution in [2.75, 3.05) is 5.75 Å². The molecule has 84 valence electrons. The van der Waals surface area contributed by atoms with E-state index >= 15 is 0 Å². The molecule has 0 heterocycles. The molecule has 1 N–H and O–H groups in total. The first kappa shape index (κ1) is 12.6. The van der Waals surface area contributed by atoms with Gasteiger partial charge >= 0.3 is 0 Å². The molecule has 0 fully saturated rings. The number of rotatable bonds is 5. The van der Waals surface area contributed by atoms with E-state index in [1.54, 1.807) is 6.92 Å². The second-order valence-corrected chi connectivity index (χ2v) is 5.17. The van der Waals surface area contributed by atoms with E-state index in [9.17, 15) is 5.11 Å². The smallest absolute Gasteiger partial charge is 0.0762 e. The largest absolute Gasteiger partial charge is 0.389 e. The molecule has 2 atom stereocenters. The highest BCUT2D eigenvalue weighted by Crippen LogP contribution is 2.24. The van der Waals surface area contributed by atoms with Crippen molar-refractivity contribution < 1.29 is 5.11 Å². The maximum Gasteiger partial charge on any atom is 0.0762 e. The molecule has 0 radical (unpaired) electrons. The van der Waals surface area contributed by atoms with Gasteiger partial charge < -0.3 is 5.11 Å². The van der Waals surface area contributed by atoms with Crippen LogP contribution in [0.1, 0.15) is 38.9 Å². The van der Waals surface area contributed by atoms with Gasteiger partial charge in [-0.1, -0.05) is 32.4 Å². The third-order valence-electron chi connectivity index (χ3n) is 2.57. The highest BCUT2D eigenvalue weighted by molar-refractivity contribution is 7.99. The predicted octanol–water partition coefficient (Wildman–Crippen LogP) is 3.88. The number of hydrogen-bond acceptors (Lipinski definition) is 2. The highest BCUT2D eigenvalue weighted by Gasteiger charge is 2.03. The number of hydrogen-bond donors (Lipinski definition) is 1. The Hall–Kier alpha value is -0.470. The first-order valence-corrected chi connectivity index (χ1v) is 6.52. The average molecular weight is 224 g/mol. The summed E-state index contributed by atoms with van der Waals surface area (Å²) < 4.78 is 0. The van der Waals surface area contributed by atoms with Gasteiger partial charge in [-0.15, -0.1) is 11.8 Å². The SMILES string of the molecule is CCC(C)CSc1cccc(C(C)O)c1. The van der Waals surface area contributed by atoms with Gasteiger partial charge in [0.25, 0.3) is 0 Å². The maximum absolute atomic E-state index is 9.46. The summed E-state index contributed by atoms with van der Waals surface area (Å²) in [6.07, 6.45) is 0.859. The van der Waals surface area contributed by atoms with Crippen LogP contribution in [-0.4, -0.2) is 10.9 Å². The summed E-state index contributed by atoms with van der Waals surface area (Å²) in [5.41, 5.74) is 1.00. The fraction of sp³-hybridized carbons (Fsp3) is 0.538. The highest BCUT2D eigenvalue weighted by atomic mass is 32.2. The molecule has 1 nitrogen and oxygen atoms in total. The van der Waals surface area contributed by atoms with E-state index in [2.05, 4.69) is 26.0 Å². The lowest BCUT2D eigenvalue weighted by atomic mass is 10.1. The molecule has 1 aromatic rings. The zero-order chi connectivity index (χ0) is 11.3. The van der Waals surface area contributed by atoms with Gasteiger partial charge in [0.05, 0.1) is 6.10 Å². The van der Waals surface area contributed by atoms with Crippen LogP contribution < -0.4 is 0 Å². The summed E-state index contributed by atoms with van der Waals surface area (Å²) in [5, 5.41) is 9.46. The van der Waals surface area contributed by atoms with Gasteiger partial charge in [0.15, 0.2) is 0 Å². The molecule has 0 amide bonds. The molecule has 0 saturated heterocycles. The van der Waals surface area contributed by atoms with Crippen LogP contribution in [0, 0.1) is 5.92 Å². The van der Waals surface area contributed by atoms with Gasteiger partial charge in [0.1, 0.15) is 0 Å². The van der Waals surface area contributed by atoms with Crippen LogP contribution >= 0.6 is 11.8 Å². The summed E-state index contributed by atoms with van der Waals surface area (Å²) in [6.45, 7) is 6.29. The minimum absolute atomic E-state index is 0.367. The van der Waals surface area contributed by atoms with Crippen molar-refractivity contribution in [2.45, 2.75) is 38.2 Å². The van der Waals surface area contributed by atoms with Crippen molar-refractivity contribution in [3.63, 3.8) is 0 Å². The fourth-order valence-electron chi connectivity index (χ4n) is 1.22. The van der Waals surface area contributed by atoms with Crippen LogP contribution in [0.4, 0.5) is 0 Å². The van der Waals surface area contributed by atoms with Crippen LogP contribution in [0.3, 0.4) is 0 Å². The molecule has 1 aromatic carbocycles. The van der Waals surface area contributed by atoms with E-state index in [0.29, 0.717) is 0 Å². The molecule has 1 rings (SSSR count). The molecule has 0 spiro atoms. The summed E-state index contributed by atoms with van der Waals surface area (Å²) in [5.74, 6) is 1.91. The van der Waals surface area contributed by atoms with E-state index in [0.717, 1.165) is 17.2 Å². The molecule has 0 bridgehead atoms. The van der Waals surface area contributed by atoms with Gasteiger partial charge in [-0.3, -0.25) is 0 Å². The molecule has 0 aromatic heterocycles. The topological polar surface area (TPSA) is 20.2 Å². The second-order valence-electron chi connectivity index (χ2n) is 4.07. The lowest BCUT2D eigenvalue weighted by Gasteiger charge is -2.10. The molecule has 2 heteroatoms. The second kappa shape index (κ2) is 6.19. The van der Waals surface area contributed by atoms with Crippen molar-refractivity contribution in [3.8, 4) is 0 Å². The number of aliphatic hydroxyl groups is 1. The molecular weight excluding hydrogens is 204 g/mol. The number of thioether (sulfide) groups is 1. The summed E-state index contributed by atoms with van der Waals surface area (Å²) in [7, 11) is 0. The Bertz CT molecular complexity index is 296. The fourth-order valence-corrected chi connectivity index (χ4v) is 2.33. The lowest BCUT2D eigenvalue weighted by molar-refractivity contribution is 0.199. The number of benzene rings is 1. The molecule has 15 heavy (non-hydrogen) atoms. The van der Waals surface area contributed by atoms with Crippen molar-refractivity contribution in [3.05, 3.63) is 29.8 Å². The van der Waals surface area contributed by atoms with E-state index in [4.69, 9.17) is 0 Å². The van der Waals surface area contributed by atoms with Gasteiger partial charge in [0.2, 0.25) is 0 Å². The summed E-state index contributed by atoms with van der Waals surface area (Å²) in [4.78, 5) is 1.26. The monoisotopic (exact) mass is 224 g/mol. The Labute approximate surface area is 96.9 Å². The number of aliphatic hydroxyl groups excluding tert-OH is 1. The Morgan fingerprint density at radius 1 is 1.33 bits per heavy atom. The van der Waals surface area contributed by atoms with Gasteiger partial charge in [0, 0.05) is 10.6 Å². The third-order valence-corrected chi connectivity index (χ3v) is 3.89. The first-order valence-electron chi connectivity index (χ1n) is 5.54. The van der Waals surface area contributed by atoms with Crippen molar-refractivity contribution in [1.29, 1.82) is 0 Å². The molecule has 0 aliphatic heterocycles. The van der Waals surface area contributed by atoms with Crippen molar-refractivity contribution in [2.24, 2.45) is 5.92 Å².